The third-order valence-corrected chi connectivity index (χ3v) is 7.83. The van der Waals surface area contributed by atoms with Crippen molar-refractivity contribution >= 4 is 29.5 Å². The van der Waals surface area contributed by atoms with Crippen molar-refractivity contribution in [2.45, 2.75) is 68.7 Å². The van der Waals surface area contributed by atoms with Gasteiger partial charge in [-0.1, -0.05) is 81.3 Å². The molecule has 0 saturated carbocycles. The van der Waals surface area contributed by atoms with Crippen LogP contribution in [0.2, 0.25) is 0 Å². The van der Waals surface area contributed by atoms with Crippen molar-refractivity contribution in [3.8, 4) is 0 Å². The summed E-state index contributed by atoms with van der Waals surface area (Å²) in [7, 11) is 0. The van der Waals surface area contributed by atoms with Gasteiger partial charge in [0.25, 0.3) is 0 Å². The second-order valence-electron chi connectivity index (χ2n) is 9.09. The van der Waals surface area contributed by atoms with Crippen LogP contribution in [0.15, 0.2) is 67.3 Å². The van der Waals surface area contributed by atoms with E-state index in [1.165, 1.54) is 34.9 Å². The van der Waals surface area contributed by atoms with Crippen LogP contribution in [0.4, 0.5) is 4.39 Å². The Morgan fingerprint density at radius 3 is 2.49 bits per heavy atom. The van der Waals surface area contributed by atoms with E-state index < -0.39 is 17.3 Å². The summed E-state index contributed by atoms with van der Waals surface area (Å²) < 4.78 is 18.8. The second kappa shape index (κ2) is 14.0. The lowest BCUT2D eigenvalue weighted by Crippen LogP contribution is -2.59. The van der Waals surface area contributed by atoms with Crippen LogP contribution in [-0.2, 0) is 19.1 Å². The number of hydrogen-bond donors (Lipinski definition) is 1. The predicted molar refractivity (Wildman–Crippen MR) is 144 cm³/mol. The van der Waals surface area contributed by atoms with Gasteiger partial charge in [-0.2, -0.15) is 0 Å². The highest BCUT2D eigenvalue weighted by Crippen LogP contribution is 2.41. The summed E-state index contributed by atoms with van der Waals surface area (Å²) in [6, 6.07) is 14.4. The fraction of sp³-hybridized carbons (Fsp3) is 0.414. The molecule has 0 bridgehead atoms. The van der Waals surface area contributed by atoms with Crippen LogP contribution in [0.1, 0.15) is 68.4 Å². The van der Waals surface area contributed by atoms with Gasteiger partial charge in [0.15, 0.2) is 0 Å². The summed E-state index contributed by atoms with van der Waals surface area (Å²) in [6.45, 7) is 7.49. The van der Waals surface area contributed by atoms with Crippen LogP contribution in [-0.4, -0.2) is 40.7 Å². The van der Waals surface area contributed by atoms with E-state index in [1.807, 2.05) is 30.3 Å². The van der Waals surface area contributed by atoms with Gasteiger partial charge < -0.3 is 15.0 Å². The highest BCUT2D eigenvalue weighted by Gasteiger charge is 2.44. The number of thioether (sulfide) groups is 1. The van der Waals surface area contributed by atoms with E-state index in [9.17, 15) is 18.8 Å². The monoisotopic (exact) mass is 526 g/mol. The molecule has 1 aliphatic rings. The molecular weight excluding hydrogens is 491 g/mol. The summed E-state index contributed by atoms with van der Waals surface area (Å²) in [6.07, 6.45) is 5.44. The number of ether oxygens (including phenoxy) is 1. The average molecular weight is 527 g/mol. The first-order valence-corrected chi connectivity index (χ1v) is 13.6. The van der Waals surface area contributed by atoms with Gasteiger partial charge >= 0.3 is 5.97 Å². The number of esters is 1. The van der Waals surface area contributed by atoms with Crippen molar-refractivity contribution < 1.29 is 23.5 Å². The fourth-order valence-electron chi connectivity index (χ4n) is 4.29. The minimum atomic E-state index is -0.728. The van der Waals surface area contributed by atoms with Crippen LogP contribution >= 0.6 is 11.8 Å². The van der Waals surface area contributed by atoms with Gasteiger partial charge in [0.1, 0.15) is 23.7 Å². The van der Waals surface area contributed by atoms with Crippen molar-refractivity contribution in [1.82, 2.24) is 10.2 Å². The van der Waals surface area contributed by atoms with Gasteiger partial charge in [0.05, 0.1) is 17.8 Å². The zero-order chi connectivity index (χ0) is 26.8. The number of carbonyl (C=O) groups is 3. The van der Waals surface area contributed by atoms with Crippen molar-refractivity contribution in [3.05, 3.63) is 84.2 Å². The van der Waals surface area contributed by atoms with Crippen molar-refractivity contribution in [2.24, 2.45) is 0 Å². The number of rotatable bonds is 14. The van der Waals surface area contributed by atoms with Crippen molar-refractivity contribution in [3.63, 3.8) is 0 Å². The average Bonchev–Trinajstić information content (AvgIpc) is 2.89. The van der Waals surface area contributed by atoms with Gasteiger partial charge in [-0.15, -0.1) is 11.8 Å². The number of amides is 2. The van der Waals surface area contributed by atoms with Gasteiger partial charge in [-0.05, 0) is 36.6 Å². The first kappa shape index (κ1) is 28.4. The number of benzene rings is 2. The quantitative estimate of drug-likeness (QED) is 0.148. The molecular formula is C29H35FN2O4S. The third kappa shape index (κ3) is 7.68. The summed E-state index contributed by atoms with van der Waals surface area (Å²) in [5.41, 5.74) is 1.60. The largest absolute Gasteiger partial charge is 0.460 e. The van der Waals surface area contributed by atoms with Crippen LogP contribution in [0.25, 0.3) is 0 Å². The molecule has 1 heterocycles. The number of likely N-dealkylation sites (tertiary alicyclic amines) is 1. The fourth-order valence-corrected chi connectivity index (χ4v) is 5.76. The van der Waals surface area contributed by atoms with E-state index in [1.54, 1.807) is 19.1 Å². The van der Waals surface area contributed by atoms with E-state index in [0.717, 1.165) is 36.8 Å². The number of β-lactam (4-membered cyclic amide) rings is 1. The van der Waals surface area contributed by atoms with Crippen LogP contribution in [0.3, 0.4) is 0 Å². The van der Waals surface area contributed by atoms with Gasteiger partial charge in [-0.25, -0.2) is 4.39 Å². The molecule has 1 N–H and O–H groups in total. The standard InChI is InChI=1S/C29H35FN2O4S/c1-4-6-8-13-24(21-14-16-23(30)17-15-21)31-28(34)20(3)32-25(33)19-26(32)37-27(29(35)36-18-5-2)22-11-9-7-10-12-22/h5,7,9-12,14-17,20,24,26-27H,2,4,6,8,13,18-19H2,1,3H3,(H,31,34). The number of hydrogen-bond acceptors (Lipinski definition) is 5. The summed E-state index contributed by atoms with van der Waals surface area (Å²) >= 11 is 1.31. The molecule has 1 aliphatic heterocycles. The second-order valence-corrected chi connectivity index (χ2v) is 10.4. The predicted octanol–water partition coefficient (Wildman–Crippen LogP) is 5.71. The molecule has 0 radical (unpaired) electrons. The maximum Gasteiger partial charge on any atom is 0.323 e. The van der Waals surface area contributed by atoms with Crippen LogP contribution in [0.5, 0.6) is 0 Å². The van der Waals surface area contributed by atoms with E-state index in [2.05, 4.69) is 18.8 Å². The molecule has 2 aromatic carbocycles. The zero-order valence-corrected chi connectivity index (χ0v) is 22.2. The molecule has 2 aromatic rings. The molecule has 1 saturated heterocycles. The Hall–Kier alpha value is -3.13. The van der Waals surface area contributed by atoms with E-state index in [0.29, 0.717) is 0 Å². The molecule has 4 atom stereocenters. The Balaban J connectivity index is 1.72. The van der Waals surface area contributed by atoms with Gasteiger partial charge in [0, 0.05) is 0 Å². The molecule has 1 fully saturated rings. The molecule has 3 rings (SSSR count). The van der Waals surface area contributed by atoms with Gasteiger partial charge in [0.2, 0.25) is 11.8 Å². The summed E-state index contributed by atoms with van der Waals surface area (Å²) in [5, 5.41) is 2.08. The lowest BCUT2D eigenvalue weighted by Gasteiger charge is -2.44. The van der Waals surface area contributed by atoms with Gasteiger partial charge in [-0.3, -0.25) is 14.4 Å². The van der Waals surface area contributed by atoms with Crippen molar-refractivity contribution in [1.29, 1.82) is 0 Å². The Kier molecular flexibility index (Phi) is 10.7. The molecule has 198 valence electrons. The normalized spacial score (nSPS) is 17.3. The smallest absolute Gasteiger partial charge is 0.323 e. The maximum absolute atomic E-state index is 13.5. The number of unbranched alkanes of at least 4 members (excludes halogenated alkanes) is 2. The molecule has 6 nitrogen and oxygen atoms in total. The Morgan fingerprint density at radius 1 is 1.16 bits per heavy atom. The molecule has 37 heavy (non-hydrogen) atoms. The molecule has 0 spiro atoms. The molecule has 8 heteroatoms. The minimum absolute atomic E-state index is 0.0949. The molecule has 2 amide bonds. The van der Waals surface area contributed by atoms with Crippen LogP contribution < -0.4 is 5.32 Å². The summed E-state index contributed by atoms with van der Waals surface area (Å²) in [4.78, 5) is 40.3. The molecule has 0 aliphatic carbocycles. The van der Waals surface area contributed by atoms with Crippen LogP contribution in [0, 0.1) is 5.82 Å². The first-order chi connectivity index (χ1) is 17.8. The number of nitrogens with one attached hydrogen (secondary N) is 1. The highest BCUT2D eigenvalue weighted by molar-refractivity contribution is 8.00. The number of nitrogens with zero attached hydrogens (tertiary/aromatic N) is 1. The summed E-state index contributed by atoms with van der Waals surface area (Å²) in [5.74, 6) is -1.17. The third-order valence-electron chi connectivity index (χ3n) is 6.38. The first-order valence-electron chi connectivity index (χ1n) is 12.7. The Labute approximate surface area is 222 Å². The zero-order valence-electron chi connectivity index (χ0n) is 21.4. The lowest BCUT2D eigenvalue weighted by atomic mass is 9.99. The number of carbonyl (C=O) groups excluding carboxylic acids is 3. The minimum Gasteiger partial charge on any atom is -0.460 e. The van der Waals surface area contributed by atoms with E-state index in [-0.39, 0.29) is 42.1 Å². The Morgan fingerprint density at radius 2 is 1.86 bits per heavy atom. The SMILES string of the molecule is C=CCOC(=O)C(SC1CC(=O)N1C(C)C(=O)NC(CCCCC)c1ccc(F)cc1)c1ccccc1. The number of halogens is 1. The maximum atomic E-state index is 13.5. The van der Waals surface area contributed by atoms with Crippen molar-refractivity contribution in [2.75, 3.05) is 6.61 Å². The highest BCUT2D eigenvalue weighted by atomic mass is 32.2. The van der Waals surface area contributed by atoms with E-state index >= 15 is 0 Å². The van der Waals surface area contributed by atoms with E-state index in [4.69, 9.17) is 4.74 Å². The Bertz CT molecular complexity index is 1060. The lowest BCUT2D eigenvalue weighted by molar-refractivity contribution is -0.150. The molecule has 0 aromatic heterocycles. The molecule has 4 unspecified atom stereocenters. The topological polar surface area (TPSA) is 75.7 Å².